The monoisotopic (exact) mass is 458 g/mol. The van der Waals surface area contributed by atoms with E-state index >= 15 is 0 Å². The molecule has 2 aromatic carbocycles. The van der Waals surface area contributed by atoms with Crippen LogP contribution < -0.4 is 0 Å². The lowest BCUT2D eigenvalue weighted by molar-refractivity contribution is 0.119. The van der Waals surface area contributed by atoms with Crippen LogP contribution in [-0.2, 0) is 6.54 Å². The van der Waals surface area contributed by atoms with Gasteiger partial charge in [0, 0.05) is 57.0 Å². The Hall–Kier alpha value is -1.61. The van der Waals surface area contributed by atoms with Gasteiger partial charge in [-0.3, -0.25) is 4.90 Å². The minimum absolute atomic E-state index is 0.251. The first kappa shape index (κ1) is 21.6. The highest BCUT2D eigenvalue weighted by molar-refractivity contribution is 7.80. The number of hydrogen-bond donors (Lipinski definition) is 2. The van der Waals surface area contributed by atoms with Gasteiger partial charge < -0.3 is 15.1 Å². The maximum absolute atomic E-state index is 10.5. The van der Waals surface area contributed by atoms with E-state index in [1.54, 1.807) is 20.7 Å². The van der Waals surface area contributed by atoms with E-state index in [-0.39, 0.29) is 6.61 Å². The lowest BCUT2D eigenvalue weighted by Crippen LogP contribution is -2.46. The van der Waals surface area contributed by atoms with Gasteiger partial charge in [-0.15, -0.1) is 0 Å². The van der Waals surface area contributed by atoms with Crippen molar-refractivity contribution in [3.05, 3.63) is 57.9 Å². The van der Waals surface area contributed by atoms with Gasteiger partial charge in [0.1, 0.15) is 9.57 Å². The van der Waals surface area contributed by atoms with Crippen molar-refractivity contribution in [1.29, 1.82) is 0 Å². The van der Waals surface area contributed by atoms with Crippen LogP contribution in [0.15, 0.2) is 48.5 Å². The number of hydrogen-bond acceptors (Lipinski definition) is 7. The smallest absolute Gasteiger partial charge is 0.120 e. The minimum atomic E-state index is 0.251. The Bertz CT molecular complexity index is 1020. The molecule has 4 nitrogen and oxygen atoms in total. The second kappa shape index (κ2) is 10.1. The number of phenolic OH excluding ortho intramolecular Hbond substituents is 1. The topological polar surface area (TPSA) is 46.9 Å². The molecule has 1 fully saturated rings. The van der Waals surface area contributed by atoms with E-state index in [1.807, 2.05) is 30.3 Å². The zero-order chi connectivity index (χ0) is 20.9. The number of aliphatic hydroxyl groups is 1. The minimum Gasteiger partial charge on any atom is -0.508 e. The van der Waals surface area contributed by atoms with E-state index in [9.17, 15) is 5.11 Å². The third kappa shape index (κ3) is 4.99. The van der Waals surface area contributed by atoms with Crippen LogP contribution in [0.2, 0.25) is 0 Å². The molecule has 1 saturated heterocycles. The van der Waals surface area contributed by atoms with Crippen LogP contribution in [0.5, 0.6) is 5.75 Å². The first-order valence-corrected chi connectivity index (χ1v) is 12.8. The molecule has 0 atom stereocenters. The maximum atomic E-state index is 10.5. The average Bonchev–Trinajstić information content (AvgIpc) is 3.17. The molecule has 4 rings (SSSR count). The quantitative estimate of drug-likeness (QED) is 0.382. The van der Waals surface area contributed by atoms with Gasteiger partial charge >= 0.3 is 0 Å². The van der Waals surface area contributed by atoms with Crippen molar-refractivity contribution in [3.63, 3.8) is 0 Å². The summed E-state index contributed by atoms with van der Waals surface area (Å²) in [6.45, 7) is 5.90. The molecule has 2 N–H and O–H groups in total. The van der Waals surface area contributed by atoms with Crippen molar-refractivity contribution in [3.8, 4) is 27.3 Å². The molecule has 0 unspecified atom stereocenters. The SMILES string of the molecule is OCCCN1CCN(Cc2cc(-c3ssc(=S)c3-c3ccccc3)ccc2O)CC1. The number of rotatable bonds is 7. The molecule has 1 aliphatic rings. The highest BCUT2D eigenvalue weighted by Crippen LogP contribution is 2.42. The van der Waals surface area contributed by atoms with Gasteiger partial charge in [-0.05, 0) is 35.7 Å². The zero-order valence-electron chi connectivity index (χ0n) is 16.8. The Labute approximate surface area is 190 Å². The van der Waals surface area contributed by atoms with Crippen LogP contribution in [0.25, 0.3) is 21.6 Å². The van der Waals surface area contributed by atoms with Gasteiger partial charge in [0.05, 0.1) is 4.88 Å². The highest BCUT2D eigenvalue weighted by atomic mass is 32.9. The van der Waals surface area contributed by atoms with Crippen molar-refractivity contribution in [2.24, 2.45) is 0 Å². The molecule has 1 aromatic heterocycles. The Balaban J connectivity index is 1.54. The number of aromatic hydroxyl groups is 1. The highest BCUT2D eigenvalue weighted by Gasteiger charge is 2.19. The molecule has 0 bridgehead atoms. The molecule has 0 spiro atoms. The van der Waals surface area contributed by atoms with Crippen LogP contribution in [-0.4, -0.2) is 59.3 Å². The van der Waals surface area contributed by atoms with Crippen molar-refractivity contribution in [2.45, 2.75) is 13.0 Å². The van der Waals surface area contributed by atoms with E-state index in [4.69, 9.17) is 17.3 Å². The molecule has 7 heteroatoms. The summed E-state index contributed by atoms with van der Waals surface area (Å²) >= 11 is 5.64. The first-order chi connectivity index (χ1) is 14.7. The van der Waals surface area contributed by atoms with Gasteiger partial charge in [-0.2, -0.15) is 0 Å². The molecule has 0 radical (unpaired) electrons. The Morgan fingerprint density at radius 1 is 0.900 bits per heavy atom. The summed E-state index contributed by atoms with van der Waals surface area (Å²) in [6.07, 6.45) is 0.833. The standard InChI is InChI=1S/C23H26N2O2S3/c26-14-4-9-24-10-12-25(13-11-24)16-19-15-18(7-8-20(19)27)22-21(23(28)30-29-22)17-5-2-1-3-6-17/h1-3,5-8,15,26-27H,4,9-14,16H2. The van der Waals surface area contributed by atoms with E-state index in [2.05, 4.69) is 28.0 Å². The van der Waals surface area contributed by atoms with E-state index in [1.165, 1.54) is 4.88 Å². The number of benzene rings is 2. The lowest BCUT2D eigenvalue weighted by Gasteiger charge is -2.34. The normalized spacial score (nSPS) is 15.5. The van der Waals surface area contributed by atoms with Gasteiger partial charge in [0.25, 0.3) is 0 Å². The number of phenols is 1. The van der Waals surface area contributed by atoms with E-state index < -0.39 is 0 Å². The Morgan fingerprint density at radius 3 is 2.37 bits per heavy atom. The van der Waals surface area contributed by atoms with Crippen LogP contribution in [0.3, 0.4) is 0 Å². The fourth-order valence-electron chi connectivity index (χ4n) is 3.86. The molecule has 3 aromatic rings. The number of aliphatic hydroxyl groups excluding tert-OH is 1. The Morgan fingerprint density at radius 2 is 1.63 bits per heavy atom. The van der Waals surface area contributed by atoms with Crippen LogP contribution >= 0.6 is 32.9 Å². The maximum Gasteiger partial charge on any atom is 0.120 e. The zero-order valence-corrected chi connectivity index (χ0v) is 19.2. The average molecular weight is 459 g/mol. The molecule has 30 heavy (non-hydrogen) atoms. The summed E-state index contributed by atoms with van der Waals surface area (Å²) in [6, 6.07) is 16.2. The molecule has 158 valence electrons. The largest absolute Gasteiger partial charge is 0.508 e. The molecule has 0 aliphatic carbocycles. The Kier molecular flexibility index (Phi) is 7.30. The molecule has 0 amide bonds. The molecule has 0 saturated carbocycles. The summed E-state index contributed by atoms with van der Waals surface area (Å²) < 4.78 is 0.912. The molecule has 2 heterocycles. The van der Waals surface area contributed by atoms with Gasteiger partial charge in [0.15, 0.2) is 0 Å². The predicted octanol–water partition coefficient (Wildman–Crippen LogP) is 5.08. The second-order valence-electron chi connectivity index (χ2n) is 7.56. The third-order valence-corrected chi connectivity index (χ3v) is 8.59. The van der Waals surface area contributed by atoms with Crippen molar-refractivity contribution >= 4 is 32.9 Å². The number of nitrogens with zero attached hydrogens (tertiary/aromatic N) is 2. The van der Waals surface area contributed by atoms with E-state index in [0.717, 1.165) is 71.8 Å². The fraction of sp³-hybridized carbons (Fsp3) is 0.348. The molecule has 1 aliphatic heterocycles. The summed E-state index contributed by atoms with van der Waals surface area (Å²) in [5, 5.41) is 19.5. The summed E-state index contributed by atoms with van der Waals surface area (Å²) in [5.74, 6) is 0.349. The van der Waals surface area contributed by atoms with E-state index in [0.29, 0.717) is 5.75 Å². The molecular weight excluding hydrogens is 432 g/mol. The molecular formula is C23H26N2O2S3. The van der Waals surface area contributed by atoms with Crippen LogP contribution in [0.1, 0.15) is 12.0 Å². The number of piperazine rings is 1. The van der Waals surface area contributed by atoms with Crippen LogP contribution in [0, 0.1) is 3.82 Å². The predicted molar refractivity (Wildman–Crippen MR) is 129 cm³/mol. The summed E-state index contributed by atoms with van der Waals surface area (Å²) in [5.41, 5.74) is 4.33. The van der Waals surface area contributed by atoms with Gasteiger partial charge in [0.2, 0.25) is 0 Å². The van der Waals surface area contributed by atoms with Crippen molar-refractivity contribution in [2.75, 3.05) is 39.3 Å². The third-order valence-electron chi connectivity index (χ3n) is 5.53. The van der Waals surface area contributed by atoms with Crippen molar-refractivity contribution in [1.82, 2.24) is 9.80 Å². The van der Waals surface area contributed by atoms with Gasteiger partial charge in [-0.25, -0.2) is 0 Å². The summed E-state index contributed by atoms with van der Waals surface area (Å²) in [7, 11) is 3.34. The summed E-state index contributed by atoms with van der Waals surface area (Å²) in [4.78, 5) is 5.96. The van der Waals surface area contributed by atoms with Gasteiger partial charge in [-0.1, -0.05) is 63.2 Å². The first-order valence-electron chi connectivity index (χ1n) is 10.2. The second-order valence-corrected chi connectivity index (χ2v) is 10.4. The van der Waals surface area contributed by atoms with Crippen molar-refractivity contribution < 1.29 is 10.2 Å². The van der Waals surface area contributed by atoms with Crippen LogP contribution in [0.4, 0.5) is 0 Å². The fourth-order valence-corrected chi connectivity index (χ4v) is 6.77. The lowest BCUT2D eigenvalue weighted by atomic mass is 10.0.